The van der Waals surface area contributed by atoms with Crippen molar-refractivity contribution < 1.29 is 9.53 Å². The number of ether oxygens (including phenoxy) is 1. The molecule has 0 aliphatic rings. The van der Waals surface area contributed by atoms with Gasteiger partial charge in [0.2, 0.25) is 0 Å². The Morgan fingerprint density at radius 1 is 1.07 bits per heavy atom. The van der Waals surface area contributed by atoms with E-state index < -0.39 is 0 Å². The summed E-state index contributed by atoms with van der Waals surface area (Å²) in [5.41, 5.74) is 3.81. The first kappa shape index (κ1) is 20.2. The van der Waals surface area contributed by atoms with E-state index in [2.05, 4.69) is 26.6 Å². The summed E-state index contributed by atoms with van der Waals surface area (Å²) in [6.07, 6.45) is 0. The molecule has 0 unspecified atom stereocenters. The first-order chi connectivity index (χ1) is 13.5. The molecule has 28 heavy (non-hydrogen) atoms. The molecule has 144 valence electrons. The molecular weight excluding hydrogens is 440 g/mol. The van der Waals surface area contributed by atoms with Gasteiger partial charge < -0.3 is 15.4 Å². The summed E-state index contributed by atoms with van der Waals surface area (Å²) < 4.78 is 6.61. The van der Waals surface area contributed by atoms with Crippen molar-refractivity contribution in [2.75, 3.05) is 17.2 Å². The third-order valence-corrected chi connectivity index (χ3v) is 4.94. The minimum atomic E-state index is -0.230. The smallest absolute Gasteiger partial charge is 0.262 e. The van der Waals surface area contributed by atoms with Gasteiger partial charge >= 0.3 is 0 Å². The summed E-state index contributed by atoms with van der Waals surface area (Å²) in [6, 6.07) is 21.1. The number of aryl methyl sites for hydroxylation is 1. The van der Waals surface area contributed by atoms with E-state index in [0.717, 1.165) is 27.0 Å². The fraction of sp³-hybridized carbons (Fsp3) is 0.136. The van der Waals surface area contributed by atoms with Crippen LogP contribution in [0.25, 0.3) is 0 Å². The molecule has 0 saturated heterocycles. The molecule has 3 rings (SSSR count). The van der Waals surface area contributed by atoms with Crippen molar-refractivity contribution in [2.45, 2.75) is 13.5 Å². The minimum absolute atomic E-state index is 0.107. The Balaban J connectivity index is 1.53. The molecule has 0 aliphatic carbocycles. The molecule has 1 amide bonds. The molecule has 0 saturated carbocycles. The van der Waals surface area contributed by atoms with Crippen molar-refractivity contribution in [3.63, 3.8) is 0 Å². The van der Waals surface area contributed by atoms with Crippen LogP contribution in [-0.4, -0.2) is 12.5 Å². The summed E-state index contributed by atoms with van der Waals surface area (Å²) in [7, 11) is 0. The van der Waals surface area contributed by atoms with Gasteiger partial charge in [0, 0.05) is 22.4 Å². The quantitative estimate of drug-likeness (QED) is 0.453. The van der Waals surface area contributed by atoms with Crippen LogP contribution in [0.2, 0.25) is 5.02 Å². The number of anilines is 2. The largest absolute Gasteiger partial charge is 0.482 e. The van der Waals surface area contributed by atoms with Crippen LogP contribution >= 0.6 is 27.5 Å². The Hall–Kier alpha value is -2.50. The second-order valence-electron chi connectivity index (χ2n) is 6.28. The minimum Gasteiger partial charge on any atom is -0.482 e. The molecule has 3 aromatic carbocycles. The number of halogens is 2. The zero-order chi connectivity index (χ0) is 19.9. The average Bonchev–Trinajstić information content (AvgIpc) is 2.68. The van der Waals surface area contributed by atoms with Gasteiger partial charge in [-0.05, 0) is 60.5 Å². The van der Waals surface area contributed by atoms with Crippen molar-refractivity contribution in [2.24, 2.45) is 0 Å². The lowest BCUT2D eigenvalue weighted by Crippen LogP contribution is -2.20. The zero-order valence-corrected chi connectivity index (χ0v) is 17.7. The first-order valence-corrected chi connectivity index (χ1v) is 9.94. The predicted octanol–water partition coefficient (Wildman–Crippen LogP) is 6.04. The van der Waals surface area contributed by atoms with Crippen LogP contribution in [0.1, 0.15) is 11.1 Å². The maximum absolute atomic E-state index is 12.1. The highest BCUT2D eigenvalue weighted by molar-refractivity contribution is 9.10. The molecule has 0 spiro atoms. The van der Waals surface area contributed by atoms with E-state index in [1.54, 1.807) is 6.07 Å². The number of para-hydroxylation sites is 1. The number of carbonyl (C=O) groups is 1. The Kier molecular flexibility index (Phi) is 6.95. The van der Waals surface area contributed by atoms with Crippen LogP contribution in [0.3, 0.4) is 0 Å². The monoisotopic (exact) mass is 458 g/mol. The van der Waals surface area contributed by atoms with E-state index >= 15 is 0 Å². The highest BCUT2D eigenvalue weighted by Crippen LogP contribution is 2.26. The van der Waals surface area contributed by atoms with Crippen LogP contribution in [-0.2, 0) is 11.3 Å². The summed E-state index contributed by atoms with van der Waals surface area (Å²) >= 11 is 9.73. The third kappa shape index (κ3) is 5.75. The molecule has 6 heteroatoms. The number of hydrogen-bond acceptors (Lipinski definition) is 3. The fourth-order valence-electron chi connectivity index (χ4n) is 2.59. The highest BCUT2D eigenvalue weighted by Gasteiger charge is 2.08. The maximum Gasteiger partial charge on any atom is 0.262 e. The van der Waals surface area contributed by atoms with Crippen molar-refractivity contribution in [3.05, 3.63) is 87.4 Å². The van der Waals surface area contributed by atoms with Crippen molar-refractivity contribution in [1.82, 2.24) is 0 Å². The lowest BCUT2D eigenvalue weighted by molar-refractivity contribution is -0.118. The van der Waals surface area contributed by atoms with Crippen molar-refractivity contribution in [3.8, 4) is 5.75 Å². The van der Waals surface area contributed by atoms with Gasteiger partial charge in [0.05, 0.1) is 5.02 Å². The Labute approximate surface area is 178 Å². The van der Waals surface area contributed by atoms with Gasteiger partial charge in [0.25, 0.3) is 5.91 Å². The van der Waals surface area contributed by atoms with Crippen LogP contribution in [0.15, 0.2) is 71.2 Å². The van der Waals surface area contributed by atoms with E-state index in [4.69, 9.17) is 16.3 Å². The lowest BCUT2D eigenvalue weighted by Gasteiger charge is -2.12. The van der Waals surface area contributed by atoms with E-state index in [1.807, 2.05) is 67.6 Å². The molecule has 0 aliphatic heterocycles. The third-order valence-electron chi connectivity index (χ3n) is 4.12. The van der Waals surface area contributed by atoms with Crippen molar-refractivity contribution in [1.29, 1.82) is 0 Å². The molecule has 0 heterocycles. The first-order valence-electron chi connectivity index (χ1n) is 8.77. The van der Waals surface area contributed by atoms with Crippen LogP contribution in [0.5, 0.6) is 5.75 Å². The van der Waals surface area contributed by atoms with Crippen LogP contribution in [0.4, 0.5) is 11.4 Å². The second kappa shape index (κ2) is 9.62. The van der Waals surface area contributed by atoms with E-state index in [9.17, 15) is 4.79 Å². The topological polar surface area (TPSA) is 50.4 Å². The highest BCUT2D eigenvalue weighted by atomic mass is 79.9. The Morgan fingerprint density at radius 2 is 1.82 bits per heavy atom. The van der Waals surface area contributed by atoms with E-state index in [-0.39, 0.29) is 12.5 Å². The number of hydrogen-bond donors (Lipinski definition) is 2. The molecule has 3 aromatic rings. The fourth-order valence-corrected chi connectivity index (χ4v) is 3.11. The predicted molar refractivity (Wildman–Crippen MR) is 118 cm³/mol. The van der Waals surface area contributed by atoms with E-state index in [0.29, 0.717) is 17.3 Å². The number of benzene rings is 3. The normalized spacial score (nSPS) is 10.4. The van der Waals surface area contributed by atoms with Gasteiger partial charge in [-0.3, -0.25) is 4.79 Å². The van der Waals surface area contributed by atoms with Gasteiger partial charge in [-0.25, -0.2) is 0 Å². The van der Waals surface area contributed by atoms with Gasteiger partial charge in [-0.1, -0.05) is 51.8 Å². The SMILES string of the molecule is Cc1ccccc1NC(=O)COc1ccc(CNc2ccc(Br)cc2)cc1Cl. The summed E-state index contributed by atoms with van der Waals surface area (Å²) in [4.78, 5) is 12.1. The number of nitrogens with one attached hydrogen (secondary N) is 2. The summed E-state index contributed by atoms with van der Waals surface area (Å²) in [5, 5.41) is 6.64. The standard InChI is InChI=1S/C22H20BrClN2O2/c1-15-4-2-3-5-20(15)26-22(27)14-28-21-11-6-16(12-19(21)24)13-25-18-9-7-17(23)8-10-18/h2-12,25H,13-14H2,1H3,(H,26,27). The van der Waals surface area contributed by atoms with Crippen molar-refractivity contribution >= 4 is 44.8 Å². The van der Waals surface area contributed by atoms with Gasteiger partial charge in [0.15, 0.2) is 6.61 Å². The summed E-state index contributed by atoms with van der Waals surface area (Å²) in [5.74, 6) is 0.250. The van der Waals surface area contributed by atoms with E-state index in [1.165, 1.54) is 0 Å². The van der Waals surface area contributed by atoms with Gasteiger partial charge in [-0.2, -0.15) is 0 Å². The van der Waals surface area contributed by atoms with Crippen LogP contribution in [0, 0.1) is 6.92 Å². The number of carbonyl (C=O) groups excluding carboxylic acids is 1. The molecular formula is C22H20BrClN2O2. The molecule has 4 nitrogen and oxygen atoms in total. The van der Waals surface area contributed by atoms with Gasteiger partial charge in [0.1, 0.15) is 5.75 Å². The number of rotatable bonds is 7. The van der Waals surface area contributed by atoms with Gasteiger partial charge in [-0.15, -0.1) is 0 Å². The zero-order valence-electron chi connectivity index (χ0n) is 15.3. The summed E-state index contributed by atoms with van der Waals surface area (Å²) in [6.45, 7) is 2.47. The molecule has 0 bridgehead atoms. The Bertz CT molecular complexity index is 961. The maximum atomic E-state index is 12.1. The average molecular weight is 460 g/mol. The molecule has 0 aromatic heterocycles. The lowest BCUT2D eigenvalue weighted by atomic mass is 10.2. The Morgan fingerprint density at radius 3 is 2.54 bits per heavy atom. The molecule has 0 radical (unpaired) electrons. The molecule has 0 atom stereocenters. The molecule has 0 fully saturated rings. The second-order valence-corrected chi connectivity index (χ2v) is 7.60. The molecule has 2 N–H and O–H groups in total. The number of amides is 1. The van der Waals surface area contributed by atoms with Crippen LogP contribution < -0.4 is 15.4 Å².